The maximum atomic E-state index is 13.7. The van der Waals surface area contributed by atoms with Crippen LogP contribution in [0.25, 0.3) is 11.3 Å². The molecule has 0 saturated heterocycles. The van der Waals surface area contributed by atoms with E-state index in [4.69, 9.17) is 9.47 Å². The average molecular weight is 426 g/mol. The minimum absolute atomic E-state index is 0.311. The van der Waals surface area contributed by atoms with Gasteiger partial charge in [-0.25, -0.2) is 4.39 Å². The number of carbonyl (C=O) groups is 2. The predicted molar refractivity (Wildman–Crippen MR) is 113 cm³/mol. The van der Waals surface area contributed by atoms with Gasteiger partial charge in [0.15, 0.2) is 0 Å². The van der Waals surface area contributed by atoms with Gasteiger partial charge in [-0.3, -0.25) is 9.59 Å². The van der Waals surface area contributed by atoms with Crippen molar-refractivity contribution in [2.45, 2.75) is 32.1 Å². The van der Waals surface area contributed by atoms with Crippen molar-refractivity contribution >= 4 is 28.9 Å². The summed E-state index contributed by atoms with van der Waals surface area (Å²) in [6, 6.07) is 9.17. The molecule has 31 heavy (non-hydrogen) atoms. The van der Waals surface area contributed by atoms with Crippen LogP contribution < -0.4 is 10.6 Å². The molecule has 7 nitrogen and oxygen atoms in total. The molecule has 3 N–H and O–H groups in total. The zero-order valence-electron chi connectivity index (χ0n) is 17.2. The first-order chi connectivity index (χ1) is 14.9. The van der Waals surface area contributed by atoms with Gasteiger partial charge in [-0.2, -0.15) is 0 Å². The fraction of sp³-hybridized carbons (Fsp3) is 0.304. The van der Waals surface area contributed by atoms with Crippen LogP contribution in [0.3, 0.4) is 0 Å². The molecule has 0 fully saturated rings. The molecule has 2 atom stereocenters. The fourth-order valence-electron chi connectivity index (χ4n) is 3.91. The Hall–Kier alpha value is -3.23. The van der Waals surface area contributed by atoms with Crippen molar-refractivity contribution in [1.82, 2.24) is 5.32 Å². The number of halogens is 1. The zero-order chi connectivity index (χ0) is 22.1. The monoisotopic (exact) mass is 426 g/mol. The summed E-state index contributed by atoms with van der Waals surface area (Å²) in [4.78, 5) is 23.9. The van der Waals surface area contributed by atoms with Gasteiger partial charge >= 0.3 is 5.97 Å². The zero-order valence-corrected chi connectivity index (χ0v) is 17.2. The largest absolute Gasteiger partial charge is 0.487 e. The minimum atomic E-state index is -0.959. The molecule has 2 aromatic rings. The molecule has 1 amide bonds. The second-order valence-electron chi connectivity index (χ2n) is 7.59. The van der Waals surface area contributed by atoms with Gasteiger partial charge in [-0.15, -0.1) is 0 Å². The first-order valence-corrected chi connectivity index (χ1v) is 9.98. The summed E-state index contributed by atoms with van der Waals surface area (Å²) in [7, 11) is 1.48. The summed E-state index contributed by atoms with van der Waals surface area (Å²) < 4.78 is 24.7. The van der Waals surface area contributed by atoms with Gasteiger partial charge in [0.05, 0.1) is 11.7 Å². The van der Waals surface area contributed by atoms with E-state index in [1.165, 1.54) is 25.3 Å². The van der Waals surface area contributed by atoms with Crippen molar-refractivity contribution < 1.29 is 28.6 Å². The smallest absolute Gasteiger partial charge is 0.323 e. The Labute approximate surface area is 178 Å². The summed E-state index contributed by atoms with van der Waals surface area (Å²) in [5, 5.41) is 15.1. The molecule has 0 saturated carbocycles. The third-order valence-corrected chi connectivity index (χ3v) is 5.62. The number of carboxylic acid groups (broad SMARTS) is 1. The Morgan fingerprint density at radius 1 is 1.29 bits per heavy atom. The summed E-state index contributed by atoms with van der Waals surface area (Å²) in [6.45, 7) is 2.48. The second-order valence-corrected chi connectivity index (χ2v) is 7.59. The Bertz CT molecular complexity index is 1080. The maximum absolute atomic E-state index is 13.7. The maximum Gasteiger partial charge on any atom is 0.323 e. The lowest BCUT2D eigenvalue weighted by Gasteiger charge is -2.20. The molecular formula is C23H23FN2O5. The van der Waals surface area contributed by atoms with E-state index in [1.807, 2.05) is 18.2 Å². The Morgan fingerprint density at radius 3 is 2.84 bits per heavy atom. The third kappa shape index (κ3) is 4.04. The van der Waals surface area contributed by atoms with Gasteiger partial charge in [-0.1, -0.05) is 18.2 Å². The van der Waals surface area contributed by atoms with Gasteiger partial charge in [0.2, 0.25) is 0 Å². The molecule has 0 spiro atoms. The summed E-state index contributed by atoms with van der Waals surface area (Å²) >= 11 is 0. The molecule has 2 aromatic carbocycles. The van der Waals surface area contributed by atoms with Crippen LogP contribution in [0.1, 0.15) is 29.2 Å². The highest BCUT2D eigenvalue weighted by atomic mass is 19.1. The van der Waals surface area contributed by atoms with Gasteiger partial charge in [0, 0.05) is 36.0 Å². The van der Waals surface area contributed by atoms with Crippen LogP contribution in [0.5, 0.6) is 0 Å². The normalized spacial score (nSPS) is 18.7. The van der Waals surface area contributed by atoms with E-state index < -0.39 is 23.9 Å². The average Bonchev–Trinajstić information content (AvgIpc) is 3.29. The van der Waals surface area contributed by atoms with E-state index in [9.17, 15) is 19.1 Å². The molecule has 162 valence electrons. The van der Waals surface area contributed by atoms with Gasteiger partial charge in [0.1, 0.15) is 24.2 Å². The molecule has 0 aromatic heterocycles. The number of rotatable bonds is 7. The fourth-order valence-corrected chi connectivity index (χ4v) is 3.91. The molecule has 4 rings (SSSR count). The number of benzene rings is 2. The first-order valence-electron chi connectivity index (χ1n) is 9.98. The van der Waals surface area contributed by atoms with Crippen molar-refractivity contribution in [1.29, 1.82) is 0 Å². The van der Waals surface area contributed by atoms with E-state index in [2.05, 4.69) is 10.6 Å². The minimum Gasteiger partial charge on any atom is -0.487 e. The topological polar surface area (TPSA) is 96.9 Å². The first kappa shape index (κ1) is 21.0. The highest BCUT2D eigenvalue weighted by molar-refractivity contribution is 6.36. The summed E-state index contributed by atoms with van der Waals surface area (Å²) in [5.74, 6) is -1.25. The van der Waals surface area contributed by atoms with Crippen molar-refractivity contribution in [2.75, 3.05) is 19.0 Å². The lowest BCUT2D eigenvalue weighted by atomic mass is 9.98. The number of fused-ring (bicyclic) bond motifs is 2. The number of ether oxygens (including phenoxy) is 2. The summed E-state index contributed by atoms with van der Waals surface area (Å²) in [6.07, 6.45) is 0.166. The number of nitrogens with one attached hydrogen (secondary N) is 2. The Kier molecular flexibility index (Phi) is 5.75. The number of hydrogen-bond donors (Lipinski definition) is 3. The van der Waals surface area contributed by atoms with Gasteiger partial charge < -0.3 is 25.2 Å². The van der Waals surface area contributed by atoms with E-state index in [1.54, 1.807) is 6.92 Å². The van der Waals surface area contributed by atoms with Crippen LogP contribution in [0.15, 0.2) is 36.4 Å². The van der Waals surface area contributed by atoms with E-state index in [0.29, 0.717) is 42.2 Å². The van der Waals surface area contributed by atoms with Crippen LogP contribution in [0.4, 0.5) is 10.1 Å². The van der Waals surface area contributed by atoms with E-state index >= 15 is 0 Å². The molecular weight excluding hydrogens is 403 g/mol. The van der Waals surface area contributed by atoms with E-state index in [-0.39, 0.29) is 5.91 Å². The molecule has 2 unspecified atom stereocenters. The number of amides is 1. The molecule has 0 aliphatic carbocycles. The van der Waals surface area contributed by atoms with E-state index in [0.717, 1.165) is 16.7 Å². The van der Waals surface area contributed by atoms with Crippen molar-refractivity contribution in [3.05, 3.63) is 64.5 Å². The number of methoxy groups -OCH3 is 1. The standard InChI is InChI=1S/C23H23FN2O5/c1-12(30-2)20(23(28)29)25-8-7-13-3-5-16-14(9-13)11-31-21(16)19-17-10-15(24)4-6-18(17)26-22(19)27/h3-6,9-10,12,20,25H,7-8,11H2,1-2H3,(H,26,27)(H,28,29). The van der Waals surface area contributed by atoms with Gasteiger partial charge in [0.25, 0.3) is 5.91 Å². The highest BCUT2D eigenvalue weighted by Gasteiger charge is 2.33. The van der Waals surface area contributed by atoms with Crippen LogP contribution in [0.2, 0.25) is 0 Å². The Morgan fingerprint density at radius 2 is 2.10 bits per heavy atom. The molecule has 2 aliphatic rings. The van der Waals surface area contributed by atoms with Crippen LogP contribution in [-0.2, 0) is 32.1 Å². The number of carboxylic acids is 1. The summed E-state index contributed by atoms with van der Waals surface area (Å²) in [5.41, 5.74) is 4.13. The number of aliphatic carboxylic acids is 1. The van der Waals surface area contributed by atoms with Crippen molar-refractivity contribution in [3.8, 4) is 0 Å². The number of carbonyl (C=O) groups excluding carboxylic acids is 1. The predicted octanol–water partition coefficient (Wildman–Crippen LogP) is 2.80. The van der Waals surface area contributed by atoms with Crippen molar-refractivity contribution in [2.24, 2.45) is 0 Å². The third-order valence-electron chi connectivity index (χ3n) is 5.62. The number of anilines is 1. The Balaban J connectivity index is 1.53. The highest BCUT2D eigenvalue weighted by Crippen LogP contribution is 2.41. The van der Waals surface area contributed by atoms with Crippen LogP contribution in [0, 0.1) is 5.82 Å². The van der Waals surface area contributed by atoms with Crippen molar-refractivity contribution in [3.63, 3.8) is 0 Å². The molecule has 0 radical (unpaired) electrons. The molecule has 0 bridgehead atoms. The van der Waals surface area contributed by atoms with Crippen LogP contribution >= 0.6 is 0 Å². The molecule has 2 heterocycles. The second kappa shape index (κ2) is 8.49. The number of hydrogen-bond acceptors (Lipinski definition) is 5. The SMILES string of the molecule is COC(C)C(NCCc1ccc2c(c1)COC2=C1C(=O)Nc2ccc(F)cc21)C(=O)O. The lowest BCUT2D eigenvalue weighted by molar-refractivity contribution is -0.142. The quantitative estimate of drug-likeness (QED) is 0.589. The van der Waals surface area contributed by atoms with Crippen LogP contribution in [-0.4, -0.2) is 42.8 Å². The molecule has 2 aliphatic heterocycles. The lowest BCUT2D eigenvalue weighted by Crippen LogP contribution is -2.46. The van der Waals surface area contributed by atoms with Gasteiger partial charge in [-0.05, 0) is 37.1 Å². The molecule has 8 heteroatoms.